The lowest BCUT2D eigenvalue weighted by Crippen LogP contribution is -2.54. The van der Waals surface area contributed by atoms with Gasteiger partial charge in [-0.3, -0.25) is 9.67 Å². The standard InChI is InChI=1S/C18H32N6O2.HI/c1-6-26-18(25)23-9-7-22(8-10-23)17(19-5)20-12-14(2)13-24-16(4)11-15(3)21-24;/h11,14H,6-10,12-13H2,1-5H3,(H,19,20);1H. The van der Waals surface area contributed by atoms with Crippen LogP contribution >= 0.6 is 24.0 Å². The molecule has 2 heterocycles. The van der Waals surface area contributed by atoms with Crippen molar-refractivity contribution in [1.29, 1.82) is 0 Å². The van der Waals surface area contributed by atoms with Gasteiger partial charge < -0.3 is 19.9 Å². The maximum atomic E-state index is 11.8. The van der Waals surface area contributed by atoms with E-state index < -0.39 is 0 Å². The first-order valence-corrected chi connectivity index (χ1v) is 9.33. The predicted octanol–water partition coefficient (Wildman–Crippen LogP) is 2.10. The number of amides is 1. The lowest BCUT2D eigenvalue weighted by molar-refractivity contribution is 0.0914. The number of aryl methyl sites for hydroxylation is 2. The highest BCUT2D eigenvalue weighted by atomic mass is 127. The number of hydrogen-bond acceptors (Lipinski definition) is 4. The summed E-state index contributed by atoms with van der Waals surface area (Å²) in [4.78, 5) is 20.1. The maximum absolute atomic E-state index is 11.8. The van der Waals surface area contributed by atoms with Crippen molar-refractivity contribution in [3.63, 3.8) is 0 Å². The van der Waals surface area contributed by atoms with Crippen molar-refractivity contribution < 1.29 is 9.53 Å². The molecule has 0 spiro atoms. The van der Waals surface area contributed by atoms with E-state index in [-0.39, 0.29) is 30.1 Å². The number of guanidine groups is 1. The van der Waals surface area contributed by atoms with Crippen LogP contribution in [0.2, 0.25) is 0 Å². The molecule has 8 nitrogen and oxygen atoms in total. The molecule has 9 heteroatoms. The molecule has 1 aliphatic heterocycles. The fourth-order valence-electron chi connectivity index (χ4n) is 3.13. The van der Waals surface area contributed by atoms with E-state index in [0.717, 1.165) is 37.8 Å². The summed E-state index contributed by atoms with van der Waals surface area (Å²) in [5, 5.41) is 7.98. The number of aliphatic imine (C=N–C) groups is 1. The van der Waals surface area contributed by atoms with Gasteiger partial charge in [-0.1, -0.05) is 6.92 Å². The monoisotopic (exact) mass is 492 g/mol. The Morgan fingerprint density at radius 2 is 1.93 bits per heavy atom. The van der Waals surface area contributed by atoms with Crippen molar-refractivity contribution in [3.8, 4) is 0 Å². The first-order chi connectivity index (χ1) is 12.4. The van der Waals surface area contributed by atoms with Crippen LogP contribution in [-0.2, 0) is 11.3 Å². The second kappa shape index (κ2) is 11.4. The summed E-state index contributed by atoms with van der Waals surface area (Å²) in [6.07, 6.45) is -0.228. The largest absolute Gasteiger partial charge is 0.450 e. The number of aromatic nitrogens is 2. The number of halogens is 1. The minimum absolute atomic E-state index is 0. The van der Waals surface area contributed by atoms with E-state index in [0.29, 0.717) is 25.6 Å². The SMILES string of the molecule is CCOC(=O)N1CCN(C(=NC)NCC(C)Cn2nc(C)cc2C)CC1.I. The molecule has 0 saturated carbocycles. The third-order valence-electron chi connectivity index (χ3n) is 4.51. The van der Waals surface area contributed by atoms with Crippen molar-refractivity contribution >= 4 is 36.0 Å². The summed E-state index contributed by atoms with van der Waals surface area (Å²) < 4.78 is 7.12. The summed E-state index contributed by atoms with van der Waals surface area (Å²) in [5.41, 5.74) is 2.24. The first-order valence-electron chi connectivity index (χ1n) is 9.33. The molecular weight excluding hydrogens is 459 g/mol. The average molecular weight is 492 g/mol. The summed E-state index contributed by atoms with van der Waals surface area (Å²) in [6.45, 7) is 13.1. The second-order valence-corrected chi connectivity index (χ2v) is 6.82. The Morgan fingerprint density at radius 3 is 2.44 bits per heavy atom. The van der Waals surface area contributed by atoms with Crippen molar-refractivity contribution in [1.82, 2.24) is 24.9 Å². The van der Waals surface area contributed by atoms with Crippen LogP contribution in [0.3, 0.4) is 0 Å². The molecule has 0 bridgehead atoms. The van der Waals surface area contributed by atoms with Crippen LogP contribution in [0.4, 0.5) is 4.79 Å². The molecule has 1 amide bonds. The highest BCUT2D eigenvalue weighted by Gasteiger charge is 2.23. The molecular formula is C18H33IN6O2. The van der Waals surface area contributed by atoms with E-state index in [1.165, 1.54) is 5.69 Å². The summed E-state index contributed by atoms with van der Waals surface area (Å²) in [5.74, 6) is 1.30. The van der Waals surface area contributed by atoms with E-state index in [1.54, 1.807) is 11.9 Å². The van der Waals surface area contributed by atoms with E-state index in [4.69, 9.17) is 4.74 Å². The van der Waals surface area contributed by atoms with Crippen LogP contribution in [0.5, 0.6) is 0 Å². The normalized spacial score (nSPS) is 16.0. The number of rotatable bonds is 5. The Bertz CT molecular complexity index is 625. The molecule has 1 saturated heterocycles. The van der Waals surface area contributed by atoms with Gasteiger partial charge in [-0.05, 0) is 32.8 Å². The minimum atomic E-state index is -0.228. The number of ether oxygens (including phenoxy) is 1. The van der Waals surface area contributed by atoms with Gasteiger partial charge in [0.2, 0.25) is 0 Å². The van der Waals surface area contributed by atoms with Gasteiger partial charge in [-0.15, -0.1) is 24.0 Å². The van der Waals surface area contributed by atoms with Gasteiger partial charge in [0.25, 0.3) is 0 Å². The Balaban J connectivity index is 0.00000364. The molecule has 1 aromatic rings. The topological polar surface area (TPSA) is 75.0 Å². The zero-order valence-corrected chi connectivity index (χ0v) is 19.4. The molecule has 1 aromatic heterocycles. The third kappa shape index (κ3) is 6.86. The second-order valence-electron chi connectivity index (χ2n) is 6.82. The predicted molar refractivity (Wildman–Crippen MR) is 118 cm³/mol. The van der Waals surface area contributed by atoms with Gasteiger partial charge in [-0.2, -0.15) is 5.10 Å². The van der Waals surface area contributed by atoms with Crippen LogP contribution in [0.15, 0.2) is 11.1 Å². The van der Waals surface area contributed by atoms with Gasteiger partial charge in [0.05, 0.1) is 12.3 Å². The molecule has 0 radical (unpaired) electrons. The average Bonchev–Trinajstić information content (AvgIpc) is 2.93. The van der Waals surface area contributed by atoms with Crippen LogP contribution < -0.4 is 5.32 Å². The Hall–Kier alpha value is -1.52. The summed E-state index contributed by atoms with van der Waals surface area (Å²) in [6, 6.07) is 2.10. The first kappa shape index (κ1) is 23.5. The van der Waals surface area contributed by atoms with Gasteiger partial charge in [0.1, 0.15) is 0 Å². The van der Waals surface area contributed by atoms with Gasteiger partial charge in [-0.25, -0.2) is 4.79 Å². The zero-order valence-electron chi connectivity index (χ0n) is 17.1. The molecule has 27 heavy (non-hydrogen) atoms. The van der Waals surface area contributed by atoms with E-state index >= 15 is 0 Å². The Kier molecular flexibility index (Phi) is 9.89. The molecule has 154 valence electrons. The van der Waals surface area contributed by atoms with Gasteiger partial charge >= 0.3 is 6.09 Å². The van der Waals surface area contributed by atoms with E-state index in [1.807, 2.05) is 13.8 Å². The van der Waals surface area contributed by atoms with E-state index in [2.05, 4.69) is 44.9 Å². The fraction of sp³-hybridized carbons (Fsp3) is 0.722. The summed E-state index contributed by atoms with van der Waals surface area (Å²) >= 11 is 0. The zero-order chi connectivity index (χ0) is 19.1. The Labute approximate surface area is 179 Å². The molecule has 0 aromatic carbocycles. The molecule has 0 aliphatic carbocycles. The molecule has 2 rings (SSSR count). The van der Waals surface area contributed by atoms with Gasteiger partial charge in [0, 0.05) is 52.0 Å². The smallest absolute Gasteiger partial charge is 0.409 e. The van der Waals surface area contributed by atoms with Crippen LogP contribution in [0.1, 0.15) is 25.2 Å². The number of piperazine rings is 1. The number of carbonyl (C=O) groups excluding carboxylic acids is 1. The van der Waals surface area contributed by atoms with Crippen LogP contribution in [0, 0.1) is 19.8 Å². The van der Waals surface area contributed by atoms with Crippen molar-refractivity contribution in [2.75, 3.05) is 46.4 Å². The number of nitrogens with zero attached hydrogens (tertiary/aromatic N) is 5. The fourth-order valence-corrected chi connectivity index (χ4v) is 3.13. The number of carbonyl (C=O) groups is 1. The molecule has 1 aliphatic rings. The minimum Gasteiger partial charge on any atom is -0.450 e. The lowest BCUT2D eigenvalue weighted by Gasteiger charge is -2.36. The number of nitrogens with one attached hydrogen (secondary N) is 1. The molecule has 1 fully saturated rings. The Morgan fingerprint density at radius 1 is 1.30 bits per heavy atom. The van der Waals surface area contributed by atoms with Crippen molar-refractivity contribution in [3.05, 3.63) is 17.5 Å². The third-order valence-corrected chi connectivity index (χ3v) is 4.51. The van der Waals surface area contributed by atoms with Crippen molar-refractivity contribution in [2.45, 2.75) is 34.2 Å². The van der Waals surface area contributed by atoms with E-state index in [9.17, 15) is 4.79 Å². The van der Waals surface area contributed by atoms with Crippen molar-refractivity contribution in [2.24, 2.45) is 10.9 Å². The van der Waals surface area contributed by atoms with Gasteiger partial charge in [0.15, 0.2) is 5.96 Å². The molecule has 1 atom stereocenters. The quantitative estimate of drug-likeness (QED) is 0.387. The highest BCUT2D eigenvalue weighted by molar-refractivity contribution is 14.0. The number of hydrogen-bond donors (Lipinski definition) is 1. The summed E-state index contributed by atoms with van der Waals surface area (Å²) in [7, 11) is 1.80. The van der Waals surface area contributed by atoms with Crippen LogP contribution in [0.25, 0.3) is 0 Å². The van der Waals surface area contributed by atoms with Crippen LogP contribution in [-0.4, -0.2) is 78.0 Å². The lowest BCUT2D eigenvalue weighted by atomic mass is 10.2. The molecule has 1 unspecified atom stereocenters. The molecule has 1 N–H and O–H groups in total. The highest BCUT2D eigenvalue weighted by Crippen LogP contribution is 2.07. The maximum Gasteiger partial charge on any atom is 0.409 e.